The van der Waals surface area contributed by atoms with Crippen molar-refractivity contribution in [1.82, 2.24) is 9.62 Å². The van der Waals surface area contributed by atoms with Gasteiger partial charge in [-0.05, 0) is 57.1 Å². The summed E-state index contributed by atoms with van der Waals surface area (Å²) in [5.74, 6) is 0. The summed E-state index contributed by atoms with van der Waals surface area (Å²) in [5.41, 5.74) is 6.01. The van der Waals surface area contributed by atoms with Crippen LogP contribution < -0.4 is 10.5 Å². The molecule has 0 amide bonds. The van der Waals surface area contributed by atoms with Gasteiger partial charge in [-0.1, -0.05) is 0 Å². The first-order valence-electron chi connectivity index (χ1n) is 7.04. The number of hydrogen-bond acceptors (Lipinski definition) is 5. The van der Waals surface area contributed by atoms with E-state index in [1.165, 1.54) is 31.0 Å². The third kappa shape index (κ3) is 4.17. The summed E-state index contributed by atoms with van der Waals surface area (Å²) in [5, 5.41) is 9.02. The van der Waals surface area contributed by atoms with Crippen LogP contribution in [0, 0.1) is 11.3 Å². The lowest BCUT2D eigenvalue weighted by molar-refractivity contribution is 0.334. The van der Waals surface area contributed by atoms with E-state index < -0.39 is 10.0 Å². The number of likely N-dealkylation sites (tertiary alicyclic amines) is 1. The van der Waals surface area contributed by atoms with Crippen LogP contribution in [-0.2, 0) is 10.0 Å². The zero-order valence-corrected chi connectivity index (χ0v) is 12.7. The fourth-order valence-electron chi connectivity index (χ4n) is 2.46. The van der Waals surface area contributed by atoms with Gasteiger partial charge >= 0.3 is 0 Å². The van der Waals surface area contributed by atoms with E-state index in [1.807, 2.05) is 6.07 Å². The van der Waals surface area contributed by atoms with Gasteiger partial charge in [0, 0.05) is 12.2 Å². The Balaban J connectivity index is 1.94. The molecule has 6 nitrogen and oxygen atoms in total. The second kappa shape index (κ2) is 6.89. The van der Waals surface area contributed by atoms with Crippen LogP contribution in [0.25, 0.3) is 0 Å². The van der Waals surface area contributed by atoms with Crippen molar-refractivity contribution in [1.29, 1.82) is 5.26 Å². The molecule has 1 aliphatic rings. The van der Waals surface area contributed by atoms with Crippen molar-refractivity contribution in [3.05, 3.63) is 23.8 Å². The minimum atomic E-state index is -3.66. The number of nitriles is 1. The van der Waals surface area contributed by atoms with Crippen molar-refractivity contribution in [2.24, 2.45) is 0 Å². The van der Waals surface area contributed by atoms with Crippen molar-refractivity contribution in [3.8, 4) is 6.07 Å². The number of anilines is 1. The molecule has 0 saturated carbocycles. The van der Waals surface area contributed by atoms with Gasteiger partial charge in [0.2, 0.25) is 10.0 Å². The third-order valence-corrected chi connectivity index (χ3v) is 5.07. The number of sulfonamides is 1. The molecule has 0 aromatic heterocycles. The predicted molar refractivity (Wildman–Crippen MR) is 81.0 cm³/mol. The number of benzene rings is 1. The Bertz CT molecular complexity index is 631. The van der Waals surface area contributed by atoms with Gasteiger partial charge in [-0.2, -0.15) is 5.26 Å². The van der Waals surface area contributed by atoms with Crippen molar-refractivity contribution in [2.75, 3.05) is 31.9 Å². The topological polar surface area (TPSA) is 99.2 Å². The molecule has 1 fully saturated rings. The van der Waals surface area contributed by atoms with E-state index >= 15 is 0 Å². The number of hydrogen-bond donors (Lipinski definition) is 2. The first-order chi connectivity index (χ1) is 10.0. The number of nitrogens with one attached hydrogen (secondary N) is 1. The molecule has 0 bridgehead atoms. The molecule has 1 aliphatic heterocycles. The first kappa shape index (κ1) is 15.8. The molecular formula is C14H20N4O2S. The highest BCUT2D eigenvalue weighted by molar-refractivity contribution is 7.89. The number of nitrogens with two attached hydrogens (primary N) is 1. The highest BCUT2D eigenvalue weighted by Gasteiger charge is 2.18. The van der Waals surface area contributed by atoms with Crippen LogP contribution in [0.3, 0.4) is 0 Å². The summed E-state index contributed by atoms with van der Waals surface area (Å²) in [4.78, 5) is 2.32. The average Bonchev–Trinajstić information content (AvgIpc) is 2.96. The van der Waals surface area contributed by atoms with Crippen LogP contribution in [0.2, 0.25) is 0 Å². The van der Waals surface area contributed by atoms with E-state index in [4.69, 9.17) is 11.0 Å². The first-order valence-corrected chi connectivity index (χ1v) is 8.53. The fourth-order valence-corrected chi connectivity index (χ4v) is 3.67. The molecule has 2 rings (SSSR count). The molecule has 7 heteroatoms. The highest BCUT2D eigenvalue weighted by atomic mass is 32.2. The smallest absolute Gasteiger partial charge is 0.241 e. The van der Waals surface area contributed by atoms with Gasteiger partial charge in [0.1, 0.15) is 6.07 Å². The van der Waals surface area contributed by atoms with E-state index in [2.05, 4.69) is 9.62 Å². The molecule has 114 valence electrons. The van der Waals surface area contributed by atoms with E-state index in [-0.39, 0.29) is 10.5 Å². The van der Waals surface area contributed by atoms with E-state index in [0.717, 1.165) is 26.1 Å². The largest absolute Gasteiger partial charge is 0.399 e. The van der Waals surface area contributed by atoms with Gasteiger partial charge < -0.3 is 10.6 Å². The molecule has 21 heavy (non-hydrogen) atoms. The lowest BCUT2D eigenvalue weighted by atomic mass is 10.2. The summed E-state index contributed by atoms with van der Waals surface area (Å²) in [7, 11) is -3.66. The zero-order valence-electron chi connectivity index (χ0n) is 11.9. The second-order valence-electron chi connectivity index (χ2n) is 5.17. The Hall–Kier alpha value is -1.62. The van der Waals surface area contributed by atoms with Crippen LogP contribution >= 0.6 is 0 Å². The number of nitrogens with zero attached hydrogens (tertiary/aromatic N) is 2. The molecule has 1 saturated heterocycles. The zero-order chi connectivity index (χ0) is 15.3. The molecule has 1 heterocycles. The summed E-state index contributed by atoms with van der Waals surface area (Å²) in [6.45, 7) is 3.47. The molecule has 3 N–H and O–H groups in total. The lowest BCUT2D eigenvalue weighted by Gasteiger charge is -2.14. The summed E-state index contributed by atoms with van der Waals surface area (Å²) >= 11 is 0. The van der Waals surface area contributed by atoms with Gasteiger partial charge in [0.05, 0.1) is 10.5 Å². The van der Waals surface area contributed by atoms with Crippen LogP contribution in [0.15, 0.2) is 23.1 Å². The molecule has 0 atom stereocenters. The molecule has 0 unspecified atom stereocenters. The molecule has 1 aromatic rings. The maximum absolute atomic E-state index is 12.2. The molecular weight excluding hydrogens is 288 g/mol. The van der Waals surface area contributed by atoms with Gasteiger partial charge in [0.25, 0.3) is 0 Å². The van der Waals surface area contributed by atoms with Crippen molar-refractivity contribution in [2.45, 2.75) is 24.2 Å². The standard InChI is InChI=1S/C14H20N4O2S/c15-11-12-10-13(16)4-5-14(12)21(19,20)17-6-3-9-18-7-1-2-8-18/h4-5,10,17H,1-3,6-9,16H2. The van der Waals surface area contributed by atoms with Gasteiger partial charge in [-0.25, -0.2) is 13.1 Å². The van der Waals surface area contributed by atoms with Crippen LogP contribution in [0.1, 0.15) is 24.8 Å². The maximum Gasteiger partial charge on any atom is 0.241 e. The minimum Gasteiger partial charge on any atom is -0.399 e. The number of rotatable bonds is 6. The highest BCUT2D eigenvalue weighted by Crippen LogP contribution is 2.17. The number of nitrogen functional groups attached to an aromatic ring is 1. The normalized spacial score (nSPS) is 16.0. The lowest BCUT2D eigenvalue weighted by Crippen LogP contribution is -2.29. The van der Waals surface area contributed by atoms with E-state index in [1.54, 1.807) is 0 Å². The summed E-state index contributed by atoms with van der Waals surface area (Å²) in [6.07, 6.45) is 3.21. The van der Waals surface area contributed by atoms with Crippen molar-refractivity contribution < 1.29 is 8.42 Å². The van der Waals surface area contributed by atoms with Crippen molar-refractivity contribution >= 4 is 15.7 Å². The Kier molecular flexibility index (Phi) is 5.17. The van der Waals surface area contributed by atoms with Gasteiger partial charge in [0.15, 0.2) is 0 Å². The van der Waals surface area contributed by atoms with E-state index in [9.17, 15) is 8.42 Å². The Morgan fingerprint density at radius 1 is 1.33 bits per heavy atom. The minimum absolute atomic E-state index is 0.0135. The monoisotopic (exact) mass is 308 g/mol. The predicted octanol–water partition coefficient (Wildman–Crippen LogP) is 0.905. The average molecular weight is 308 g/mol. The molecule has 0 spiro atoms. The molecule has 1 aromatic carbocycles. The quantitative estimate of drug-likeness (QED) is 0.601. The Morgan fingerprint density at radius 3 is 2.71 bits per heavy atom. The summed E-state index contributed by atoms with van der Waals surface area (Å²) < 4.78 is 27.0. The van der Waals surface area contributed by atoms with Crippen LogP contribution in [0.5, 0.6) is 0 Å². The maximum atomic E-state index is 12.2. The van der Waals surface area contributed by atoms with Gasteiger partial charge in [-0.3, -0.25) is 0 Å². The Morgan fingerprint density at radius 2 is 2.05 bits per heavy atom. The molecule has 0 radical (unpaired) electrons. The Labute approximate surface area is 125 Å². The third-order valence-electron chi connectivity index (χ3n) is 3.56. The van der Waals surface area contributed by atoms with Crippen molar-refractivity contribution in [3.63, 3.8) is 0 Å². The fraction of sp³-hybridized carbons (Fsp3) is 0.500. The van der Waals surface area contributed by atoms with Crippen LogP contribution in [-0.4, -0.2) is 39.5 Å². The van der Waals surface area contributed by atoms with Crippen LogP contribution in [0.4, 0.5) is 5.69 Å². The molecule has 0 aliphatic carbocycles. The summed E-state index contributed by atoms with van der Waals surface area (Å²) in [6, 6.07) is 6.10. The second-order valence-corrected chi connectivity index (χ2v) is 6.90. The van der Waals surface area contributed by atoms with Gasteiger partial charge in [-0.15, -0.1) is 0 Å². The van der Waals surface area contributed by atoms with E-state index in [0.29, 0.717) is 12.2 Å². The SMILES string of the molecule is N#Cc1cc(N)ccc1S(=O)(=O)NCCCN1CCCC1.